The fraction of sp³-hybridized carbons (Fsp3) is 0.353. The van der Waals surface area contributed by atoms with Crippen LogP contribution >= 0.6 is 0 Å². The summed E-state index contributed by atoms with van der Waals surface area (Å²) in [5, 5.41) is 3.84. The van der Waals surface area contributed by atoms with Gasteiger partial charge < -0.3 is 20.9 Å². The molecule has 1 saturated heterocycles. The van der Waals surface area contributed by atoms with Gasteiger partial charge >= 0.3 is 0 Å². The maximum Gasteiger partial charge on any atom is 0.246 e. The molecular weight excluding hydrogens is 308 g/mol. The molecule has 2 atom stereocenters. The van der Waals surface area contributed by atoms with Gasteiger partial charge in [-0.15, -0.1) is 0 Å². The van der Waals surface area contributed by atoms with Crippen LogP contribution in [-0.2, 0) is 27.3 Å². The molecule has 124 valence electrons. The van der Waals surface area contributed by atoms with E-state index in [1.54, 1.807) is 4.90 Å². The van der Waals surface area contributed by atoms with Crippen molar-refractivity contribution in [2.45, 2.75) is 37.9 Å². The van der Waals surface area contributed by atoms with E-state index in [4.69, 9.17) is 5.73 Å². The molecule has 1 aromatic heterocycles. The summed E-state index contributed by atoms with van der Waals surface area (Å²) in [4.78, 5) is 41.1. The number of carbonyl (C=O) groups is 3. The molecule has 3 amide bonds. The van der Waals surface area contributed by atoms with Crippen molar-refractivity contribution < 1.29 is 14.4 Å². The number of piperazine rings is 1. The van der Waals surface area contributed by atoms with Gasteiger partial charge in [-0.25, -0.2) is 0 Å². The Labute approximate surface area is 138 Å². The Hall–Kier alpha value is -2.83. The summed E-state index contributed by atoms with van der Waals surface area (Å²) in [6.07, 6.45) is 0.814. The van der Waals surface area contributed by atoms with Gasteiger partial charge in [0, 0.05) is 29.4 Å². The minimum atomic E-state index is -0.674. The lowest BCUT2D eigenvalue weighted by atomic mass is 9.92. The molecule has 0 bridgehead atoms. The molecule has 4 N–H and O–H groups in total. The molecule has 7 heteroatoms. The highest BCUT2D eigenvalue weighted by atomic mass is 16.2. The minimum absolute atomic E-state index is 0.0762. The van der Waals surface area contributed by atoms with Crippen molar-refractivity contribution in [3.8, 4) is 0 Å². The number of nitrogens with two attached hydrogens (primary N) is 1. The van der Waals surface area contributed by atoms with Crippen LogP contribution in [0.2, 0.25) is 0 Å². The zero-order valence-electron chi connectivity index (χ0n) is 13.0. The molecule has 0 spiro atoms. The summed E-state index contributed by atoms with van der Waals surface area (Å²) >= 11 is 0. The molecule has 1 aromatic carbocycles. The first-order chi connectivity index (χ1) is 11.5. The van der Waals surface area contributed by atoms with Crippen LogP contribution in [0.5, 0.6) is 0 Å². The van der Waals surface area contributed by atoms with E-state index >= 15 is 0 Å². The number of H-pyrrole nitrogens is 1. The number of aromatic amines is 1. The summed E-state index contributed by atoms with van der Waals surface area (Å²) in [7, 11) is 0. The van der Waals surface area contributed by atoms with Gasteiger partial charge in [-0.1, -0.05) is 18.2 Å². The molecule has 2 aliphatic heterocycles. The summed E-state index contributed by atoms with van der Waals surface area (Å²) < 4.78 is 0. The number of aromatic nitrogens is 1. The third-order valence-electron chi connectivity index (χ3n) is 4.88. The number of primary amides is 1. The van der Waals surface area contributed by atoms with E-state index in [0.29, 0.717) is 13.0 Å². The Morgan fingerprint density at radius 3 is 2.88 bits per heavy atom. The zero-order valence-corrected chi connectivity index (χ0v) is 13.0. The van der Waals surface area contributed by atoms with E-state index in [-0.39, 0.29) is 24.7 Å². The number of nitrogens with zero attached hydrogens (tertiary/aromatic N) is 1. The molecule has 7 nitrogen and oxygen atoms in total. The van der Waals surface area contributed by atoms with Gasteiger partial charge in [0.25, 0.3) is 0 Å². The molecule has 24 heavy (non-hydrogen) atoms. The molecule has 3 heterocycles. The number of carbonyl (C=O) groups excluding carboxylic acids is 3. The molecular formula is C17H18N4O3. The Morgan fingerprint density at radius 2 is 2.08 bits per heavy atom. The smallest absolute Gasteiger partial charge is 0.246 e. The highest BCUT2D eigenvalue weighted by molar-refractivity contribution is 5.98. The van der Waals surface area contributed by atoms with Gasteiger partial charge in [0.15, 0.2) is 0 Å². The Morgan fingerprint density at radius 1 is 1.29 bits per heavy atom. The third kappa shape index (κ3) is 2.24. The van der Waals surface area contributed by atoms with Gasteiger partial charge in [-0.05, 0) is 18.1 Å². The number of fused-ring (bicyclic) bond motifs is 4. The van der Waals surface area contributed by atoms with Crippen LogP contribution in [0, 0.1) is 0 Å². The summed E-state index contributed by atoms with van der Waals surface area (Å²) in [6, 6.07) is 6.77. The molecule has 0 unspecified atom stereocenters. The lowest BCUT2D eigenvalue weighted by Gasteiger charge is -2.41. The van der Waals surface area contributed by atoms with E-state index in [9.17, 15) is 14.4 Å². The number of hydrogen-bond donors (Lipinski definition) is 3. The van der Waals surface area contributed by atoms with Crippen molar-refractivity contribution in [3.63, 3.8) is 0 Å². The molecule has 0 aliphatic carbocycles. The lowest BCUT2D eigenvalue weighted by molar-refractivity contribution is -0.151. The van der Waals surface area contributed by atoms with Gasteiger partial charge in [0.2, 0.25) is 17.7 Å². The van der Waals surface area contributed by atoms with Crippen LogP contribution in [0.25, 0.3) is 10.9 Å². The predicted molar refractivity (Wildman–Crippen MR) is 86.7 cm³/mol. The predicted octanol–water partition coefficient (Wildman–Crippen LogP) is 0.185. The Kier molecular flexibility index (Phi) is 3.30. The number of rotatable bonds is 3. The van der Waals surface area contributed by atoms with Crippen LogP contribution in [0.1, 0.15) is 24.1 Å². The van der Waals surface area contributed by atoms with E-state index < -0.39 is 18.0 Å². The van der Waals surface area contributed by atoms with E-state index in [1.165, 1.54) is 0 Å². The molecule has 0 radical (unpaired) electrons. The standard InChI is InChI=1S/C17H18N4O3/c18-15(22)6-5-12-17(24)21-8-13-10(7-14(21)16(23)20-12)9-3-1-2-4-11(9)19-13/h1-4,12,14,19H,5-8H2,(H2,18,22)(H,20,23)/t12-,14-/m0/s1. The molecule has 2 aromatic rings. The first kappa shape index (κ1) is 14.7. The second-order valence-electron chi connectivity index (χ2n) is 6.38. The van der Waals surface area contributed by atoms with Gasteiger partial charge in [-0.2, -0.15) is 0 Å². The molecule has 1 fully saturated rings. The summed E-state index contributed by atoms with van der Waals surface area (Å²) in [6.45, 7) is 0.383. The van der Waals surface area contributed by atoms with Crippen molar-refractivity contribution >= 4 is 28.6 Å². The highest BCUT2D eigenvalue weighted by Crippen LogP contribution is 2.32. The monoisotopic (exact) mass is 326 g/mol. The summed E-state index contributed by atoms with van der Waals surface area (Å²) in [5.41, 5.74) is 8.24. The fourth-order valence-corrected chi connectivity index (χ4v) is 3.69. The van der Waals surface area contributed by atoms with Crippen LogP contribution in [0.3, 0.4) is 0 Å². The van der Waals surface area contributed by atoms with E-state index in [1.807, 2.05) is 24.3 Å². The first-order valence-corrected chi connectivity index (χ1v) is 8.02. The van der Waals surface area contributed by atoms with E-state index in [0.717, 1.165) is 22.2 Å². The normalized spacial score (nSPS) is 22.9. The Balaban J connectivity index is 1.65. The topological polar surface area (TPSA) is 108 Å². The Bertz CT molecular complexity index is 857. The van der Waals surface area contributed by atoms with Crippen LogP contribution < -0.4 is 11.1 Å². The van der Waals surface area contributed by atoms with Crippen molar-refractivity contribution in [3.05, 3.63) is 35.5 Å². The second-order valence-corrected chi connectivity index (χ2v) is 6.38. The molecule has 0 saturated carbocycles. The van der Waals surface area contributed by atoms with Gasteiger partial charge in [0.05, 0.1) is 6.54 Å². The highest BCUT2D eigenvalue weighted by Gasteiger charge is 2.43. The maximum atomic E-state index is 12.7. The quantitative estimate of drug-likeness (QED) is 0.749. The average Bonchev–Trinajstić information content (AvgIpc) is 2.93. The largest absolute Gasteiger partial charge is 0.370 e. The molecule has 4 rings (SSSR count). The average molecular weight is 326 g/mol. The number of para-hydroxylation sites is 1. The minimum Gasteiger partial charge on any atom is -0.370 e. The molecule has 2 aliphatic rings. The van der Waals surface area contributed by atoms with Crippen LogP contribution in [0.15, 0.2) is 24.3 Å². The van der Waals surface area contributed by atoms with E-state index in [2.05, 4.69) is 10.3 Å². The van der Waals surface area contributed by atoms with Crippen molar-refractivity contribution in [2.75, 3.05) is 0 Å². The summed E-state index contributed by atoms with van der Waals surface area (Å²) in [5.74, 6) is -0.791. The number of benzene rings is 1. The fourth-order valence-electron chi connectivity index (χ4n) is 3.69. The lowest BCUT2D eigenvalue weighted by Crippen LogP contribution is -2.64. The third-order valence-corrected chi connectivity index (χ3v) is 4.88. The zero-order chi connectivity index (χ0) is 16.8. The van der Waals surface area contributed by atoms with Gasteiger partial charge in [0.1, 0.15) is 12.1 Å². The van der Waals surface area contributed by atoms with Gasteiger partial charge in [-0.3, -0.25) is 14.4 Å². The van der Waals surface area contributed by atoms with Crippen LogP contribution in [-0.4, -0.2) is 39.7 Å². The maximum absolute atomic E-state index is 12.7. The SMILES string of the molecule is NC(=O)CC[C@@H]1NC(=O)[C@@H]2Cc3c([nH]c4ccccc34)CN2C1=O. The van der Waals surface area contributed by atoms with Crippen molar-refractivity contribution in [1.82, 2.24) is 15.2 Å². The number of hydrogen-bond acceptors (Lipinski definition) is 3. The van der Waals surface area contributed by atoms with Crippen molar-refractivity contribution in [1.29, 1.82) is 0 Å². The van der Waals surface area contributed by atoms with Crippen molar-refractivity contribution in [2.24, 2.45) is 5.73 Å². The van der Waals surface area contributed by atoms with Crippen LogP contribution in [0.4, 0.5) is 0 Å². The second kappa shape index (κ2) is 5.36. The number of amides is 3. The first-order valence-electron chi connectivity index (χ1n) is 8.02. The number of nitrogens with one attached hydrogen (secondary N) is 2.